The topological polar surface area (TPSA) is 186 Å². The number of rotatable bonds is 6. The molecule has 4 atom stereocenters. The molecular weight excluding hydrogens is 552 g/mol. The first-order chi connectivity index (χ1) is 20.1. The summed E-state index contributed by atoms with van der Waals surface area (Å²) in [5.74, 6) is -6.60. The Balaban J connectivity index is 1.67. The number of carbonyl (C=O) groups excluding carboxylic acids is 3. The third kappa shape index (κ3) is 4.72. The number of phenolic OH excluding ortho intramolecular Hbond substituents is 1. The van der Waals surface area contributed by atoms with E-state index in [9.17, 15) is 34.8 Å². The summed E-state index contributed by atoms with van der Waals surface area (Å²) < 4.78 is 0. The van der Waals surface area contributed by atoms with Gasteiger partial charge >= 0.3 is 0 Å². The van der Waals surface area contributed by atoms with E-state index in [-0.39, 0.29) is 29.7 Å². The molecule has 0 bridgehead atoms. The van der Waals surface area contributed by atoms with Gasteiger partial charge in [-0.05, 0) is 67.1 Å². The van der Waals surface area contributed by atoms with Crippen LogP contribution in [0.25, 0.3) is 5.76 Å². The number of nitrogens with one attached hydrogen (secondary N) is 1. The van der Waals surface area contributed by atoms with E-state index in [1.807, 2.05) is 39.0 Å². The van der Waals surface area contributed by atoms with E-state index in [0.717, 1.165) is 11.1 Å². The second kappa shape index (κ2) is 10.6. The van der Waals surface area contributed by atoms with Crippen LogP contribution in [0.3, 0.4) is 0 Å². The van der Waals surface area contributed by atoms with Gasteiger partial charge in [0.25, 0.3) is 5.91 Å². The van der Waals surface area contributed by atoms with Gasteiger partial charge in [0, 0.05) is 42.5 Å². The molecule has 0 unspecified atom stereocenters. The third-order valence-corrected chi connectivity index (χ3v) is 8.99. The fourth-order valence-corrected chi connectivity index (χ4v) is 6.96. The lowest BCUT2D eigenvalue weighted by molar-refractivity contribution is -0.153. The summed E-state index contributed by atoms with van der Waals surface area (Å²) in [4.78, 5) is 45.3. The Hall–Kier alpha value is -4.06. The van der Waals surface area contributed by atoms with Gasteiger partial charge in [0.05, 0.1) is 11.6 Å². The Morgan fingerprint density at radius 1 is 1.19 bits per heavy atom. The number of carbonyl (C=O) groups is 3. The number of Topliss-reactive ketones (excluding diaryl/α,β-unsaturated/α-hetero) is 2. The molecule has 11 heteroatoms. The maximum absolute atomic E-state index is 14.2. The summed E-state index contributed by atoms with van der Waals surface area (Å²) in [7, 11) is 3.15. The van der Waals surface area contributed by atoms with Crippen molar-refractivity contribution in [2.24, 2.45) is 17.6 Å². The maximum Gasteiger partial charge on any atom is 0.255 e. The fourth-order valence-electron chi connectivity index (χ4n) is 6.96. The highest BCUT2D eigenvalue weighted by molar-refractivity contribution is 6.24. The molecular formula is C32H38N4O7. The molecule has 3 aliphatic rings. The van der Waals surface area contributed by atoms with Crippen molar-refractivity contribution in [3.05, 3.63) is 75.3 Å². The molecule has 7 N–H and O–H groups in total. The van der Waals surface area contributed by atoms with Crippen LogP contribution in [0.5, 0.6) is 5.75 Å². The molecule has 0 aliphatic heterocycles. The molecule has 228 valence electrons. The number of fused-ring (bicyclic) bond motifs is 3. The van der Waals surface area contributed by atoms with Crippen molar-refractivity contribution in [2.45, 2.75) is 63.8 Å². The van der Waals surface area contributed by atoms with Crippen LogP contribution in [0.2, 0.25) is 0 Å². The van der Waals surface area contributed by atoms with Gasteiger partial charge in [0.2, 0.25) is 5.78 Å². The van der Waals surface area contributed by atoms with Crippen LogP contribution in [-0.4, -0.2) is 73.5 Å². The van der Waals surface area contributed by atoms with Gasteiger partial charge in [-0.15, -0.1) is 0 Å². The number of aromatic hydroxyl groups is 1. The predicted octanol–water partition coefficient (Wildman–Crippen LogP) is 1.95. The molecule has 5 rings (SSSR count). The van der Waals surface area contributed by atoms with E-state index < -0.39 is 63.5 Å². The molecule has 1 aromatic carbocycles. The number of ketones is 2. The normalized spacial score (nSPS) is 25.5. The Kier molecular flexibility index (Phi) is 7.48. The number of phenols is 1. The van der Waals surface area contributed by atoms with Gasteiger partial charge in [-0.1, -0.05) is 26.8 Å². The van der Waals surface area contributed by atoms with Crippen LogP contribution in [-0.2, 0) is 39.3 Å². The number of amides is 1. The average molecular weight is 591 g/mol. The molecule has 1 aromatic heterocycles. The van der Waals surface area contributed by atoms with E-state index in [1.165, 1.54) is 4.90 Å². The standard InChI is InChI=1S/C32H38N4O7/c1-31(2,3)20-11-17(14-35-13-15-7-6-8-34-12-15)18-9-16-10-19-24(36(4)5)27(39)23(30(33)42)29(41)32(19,43)28(40)21(16)26(38)22(18)25(20)37/h6-8,11-12,16,19,24,35,37-38,41,43H,9-10,13-14H2,1-5H3,(H2,33,42)/t16-,19-,24-,32-/m0/s1. The SMILES string of the molecule is CN(C)[C@@H]1C(=O)C(C(N)=O)=C(O)[C@@]2(O)C(=O)C3=C(O)c4c(O)c(C(C)(C)C)cc(CNCc5cccnc5)c4C[C@H]3C[C@@H]12. The molecule has 1 amide bonds. The Bertz CT molecular complexity index is 1590. The summed E-state index contributed by atoms with van der Waals surface area (Å²) in [5, 5.41) is 49.5. The molecule has 1 saturated carbocycles. The number of aliphatic hydroxyl groups is 3. The van der Waals surface area contributed by atoms with Crippen LogP contribution < -0.4 is 11.1 Å². The zero-order valence-electron chi connectivity index (χ0n) is 24.9. The minimum Gasteiger partial charge on any atom is -0.508 e. The molecule has 0 spiro atoms. The van der Waals surface area contributed by atoms with Crippen molar-refractivity contribution < 1.29 is 34.8 Å². The number of likely N-dealkylation sites (N-methyl/N-ethyl adjacent to an activating group) is 1. The second-order valence-electron chi connectivity index (χ2n) is 13.0. The van der Waals surface area contributed by atoms with Gasteiger partial charge in [0.15, 0.2) is 11.4 Å². The van der Waals surface area contributed by atoms with E-state index >= 15 is 0 Å². The van der Waals surface area contributed by atoms with E-state index in [2.05, 4.69) is 10.3 Å². The van der Waals surface area contributed by atoms with Crippen LogP contribution in [0.15, 0.2) is 47.5 Å². The Morgan fingerprint density at radius 2 is 1.88 bits per heavy atom. The number of primary amides is 1. The number of nitrogens with two attached hydrogens (primary N) is 1. The fraction of sp³-hybridized carbons (Fsp3) is 0.438. The van der Waals surface area contributed by atoms with E-state index in [1.54, 1.807) is 26.5 Å². The summed E-state index contributed by atoms with van der Waals surface area (Å²) in [5.41, 5.74) is 4.32. The highest BCUT2D eigenvalue weighted by Gasteiger charge is 2.64. The first-order valence-corrected chi connectivity index (χ1v) is 14.2. The van der Waals surface area contributed by atoms with Crippen LogP contribution >= 0.6 is 0 Å². The maximum atomic E-state index is 14.2. The zero-order valence-corrected chi connectivity index (χ0v) is 24.9. The predicted molar refractivity (Wildman–Crippen MR) is 158 cm³/mol. The van der Waals surface area contributed by atoms with Crippen LogP contribution in [0, 0.1) is 11.8 Å². The minimum atomic E-state index is -2.67. The Labute approximate surface area is 249 Å². The largest absolute Gasteiger partial charge is 0.508 e. The molecule has 2 aromatic rings. The van der Waals surface area contributed by atoms with Crippen molar-refractivity contribution in [1.29, 1.82) is 0 Å². The third-order valence-electron chi connectivity index (χ3n) is 8.99. The number of benzene rings is 1. The van der Waals surface area contributed by atoms with Gasteiger partial charge < -0.3 is 31.5 Å². The van der Waals surface area contributed by atoms with Gasteiger partial charge in [-0.25, -0.2) is 0 Å². The minimum absolute atomic E-state index is 0.0378. The number of aromatic nitrogens is 1. The summed E-state index contributed by atoms with van der Waals surface area (Å²) in [6.07, 6.45) is 3.72. The average Bonchev–Trinajstić information content (AvgIpc) is 2.91. The lowest BCUT2D eigenvalue weighted by Gasteiger charge is -2.50. The summed E-state index contributed by atoms with van der Waals surface area (Å²) in [6, 6.07) is 4.57. The first-order valence-electron chi connectivity index (χ1n) is 14.2. The van der Waals surface area contributed by atoms with Crippen molar-refractivity contribution >= 4 is 23.2 Å². The van der Waals surface area contributed by atoms with Gasteiger partial charge in [-0.2, -0.15) is 0 Å². The van der Waals surface area contributed by atoms with E-state index in [0.29, 0.717) is 24.2 Å². The van der Waals surface area contributed by atoms with Crippen molar-refractivity contribution in [1.82, 2.24) is 15.2 Å². The smallest absolute Gasteiger partial charge is 0.255 e. The highest BCUT2D eigenvalue weighted by Crippen LogP contribution is 2.54. The lowest BCUT2D eigenvalue weighted by atomic mass is 9.57. The quantitative estimate of drug-likeness (QED) is 0.272. The molecule has 0 saturated heterocycles. The lowest BCUT2D eigenvalue weighted by Crippen LogP contribution is -2.65. The second-order valence-corrected chi connectivity index (χ2v) is 13.0. The number of pyridine rings is 1. The molecule has 43 heavy (non-hydrogen) atoms. The first kappa shape index (κ1) is 30.4. The number of hydrogen-bond donors (Lipinski definition) is 6. The number of nitrogens with zero attached hydrogens (tertiary/aromatic N) is 2. The van der Waals surface area contributed by atoms with Crippen molar-refractivity contribution in [3.63, 3.8) is 0 Å². The highest BCUT2D eigenvalue weighted by atomic mass is 16.3. The number of aliphatic hydroxyl groups excluding tert-OH is 2. The van der Waals surface area contributed by atoms with Crippen LogP contribution in [0.4, 0.5) is 0 Å². The van der Waals surface area contributed by atoms with Gasteiger partial charge in [0.1, 0.15) is 22.8 Å². The molecule has 0 radical (unpaired) electrons. The van der Waals surface area contributed by atoms with Crippen molar-refractivity contribution in [2.75, 3.05) is 14.1 Å². The molecule has 11 nitrogen and oxygen atoms in total. The van der Waals surface area contributed by atoms with Gasteiger partial charge in [-0.3, -0.25) is 24.3 Å². The zero-order chi connectivity index (χ0) is 31.6. The van der Waals surface area contributed by atoms with Crippen LogP contribution in [0.1, 0.15) is 55.0 Å². The summed E-state index contributed by atoms with van der Waals surface area (Å²) >= 11 is 0. The summed E-state index contributed by atoms with van der Waals surface area (Å²) in [6.45, 7) is 6.68. The number of hydrogen-bond acceptors (Lipinski definition) is 10. The molecule has 1 fully saturated rings. The monoisotopic (exact) mass is 590 g/mol. The molecule has 3 aliphatic carbocycles. The Morgan fingerprint density at radius 3 is 2.47 bits per heavy atom. The van der Waals surface area contributed by atoms with E-state index in [4.69, 9.17) is 5.73 Å². The molecule has 1 heterocycles. The van der Waals surface area contributed by atoms with Crippen molar-refractivity contribution in [3.8, 4) is 5.75 Å².